The average molecular weight is 340 g/mol. The number of hydrogen-bond acceptors (Lipinski definition) is 4. The van der Waals surface area contributed by atoms with E-state index in [2.05, 4.69) is 15.5 Å². The number of aromatic amines is 1. The fourth-order valence-electron chi connectivity index (χ4n) is 2.91. The first-order valence-electron chi connectivity index (χ1n) is 8.20. The van der Waals surface area contributed by atoms with Crippen LogP contribution in [0.2, 0.25) is 0 Å². The minimum absolute atomic E-state index is 0.0151. The smallest absolute Gasteiger partial charge is 0.264 e. The van der Waals surface area contributed by atoms with Gasteiger partial charge in [-0.05, 0) is 32.0 Å². The molecule has 0 aliphatic carbocycles. The van der Waals surface area contributed by atoms with Crippen molar-refractivity contribution < 1.29 is 9.59 Å². The van der Waals surface area contributed by atoms with Crippen molar-refractivity contribution in [2.75, 3.05) is 11.9 Å². The topological polar surface area (TPSA) is 95.2 Å². The standard InChI is InChI=1S/C18H20N4O3/c1-11(2)22-10-13(9-17(22)24)18(25)19-14-5-3-4-12(8-14)15-6-7-16(23)21-20-15/h3-8,11,13H,9-10H2,1-2H3,(H,19,25)(H,21,23). The number of rotatable bonds is 4. The molecule has 2 N–H and O–H groups in total. The third-order valence-corrected chi connectivity index (χ3v) is 4.26. The van der Waals surface area contributed by atoms with Crippen molar-refractivity contribution in [1.82, 2.24) is 15.1 Å². The highest BCUT2D eigenvalue weighted by Crippen LogP contribution is 2.24. The van der Waals surface area contributed by atoms with Gasteiger partial charge in [0.25, 0.3) is 5.56 Å². The van der Waals surface area contributed by atoms with Crippen molar-refractivity contribution in [3.63, 3.8) is 0 Å². The van der Waals surface area contributed by atoms with Crippen LogP contribution in [0.1, 0.15) is 20.3 Å². The SMILES string of the molecule is CC(C)N1CC(C(=O)Nc2cccc(-c3ccc(=O)[nH]n3)c2)CC1=O. The highest BCUT2D eigenvalue weighted by atomic mass is 16.2. The van der Waals surface area contributed by atoms with E-state index < -0.39 is 0 Å². The van der Waals surface area contributed by atoms with Crippen LogP contribution < -0.4 is 10.9 Å². The van der Waals surface area contributed by atoms with Crippen LogP contribution in [-0.2, 0) is 9.59 Å². The molecule has 2 heterocycles. The number of nitrogens with zero attached hydrogens (tertiary/aromatic N) is 2. The van der Waals surface area contributed by atoms with Crippen LogP contribution >= 0.6 is 0 Å². The van der Waals surface area contributed by atoms with Gasteiger partial charge in [-0.1, -0.05) is 12.1 Å². The second-order valence-corrected chi connectivity index (χ2v) is 6.42. The molecule has 1 saturated heterocycles. The van der Waals surface area contributed by atoms with Crippen LogP contribution in [0.15, 0.2) is 41.2 Å². The Bertz CT molecular complexity index is 839. The summed E-state index contributed by atoms with van der Waals surface area (Å²) in [5, 5.41) is 9.24. The molecule has 1 aromatic carbocycles. The predicted octanol–water partition coefficient (Wildman–Crippen LogP) is 1.63. The number of hydrogen-bond donors (Lipinski definition) is 2. The summed E-state index contributed by atoms with van der Waals surface area (Å²) in [5.74, 6) is -0.492. The quantitative estimate of drug-likeness (QED) is 0.884. The van der Waals surface area contributed by atoms with Gasteiger partial charge < -0.3 is 10.2 Å². The molecule has 1 aromatic heterocycles. The number of nitrogens with one attached hydrogen (secondary N) is 2. The van der Waals surface area contributed by atoms with Gasteiger partial charge >= 0.3 is 0 Å². The van der Waals surface area contributed by atoms with E-state index in [9.17, 15) is 14.4 Å². The minimum Gasteiger partial charge on any atom is -0.339 e. The maximum absolute atomic E-state index is 12.5. The van der Waals surface area contributed by atoms with Gasteiger partial charge in [0.2, 0.25) is 11.8 Å². The van der Waals surface area contributed by atoms with Gasteiger partial charge in [0, 0.05) is 36.3 Å². The van der Waals surface area contributed by atoms with Crippen molar-refractivity contribution in [2.24, 2.45) is 5.92 Å². The van der Waals surface area contributed by atoms with E-state index in [0.717, 1.165) is 5.56 Å². The highest BCUT2D eigenvalue weighted by Gasteiger charge is 2.35. The van der Waals surface area contributed by atoms with Gasteiger partial charge in [0.15, 0.2) is 0 Å². The third kappa shape index (κ3) is 3.76. The zero-order valence-electron chi connectivity index (χ0n) is 14.2. The average Bonchev–Trinajstić information content (AvgIpc) is 2.98. The normalized spacial score (nSPS) is 17.2. The molecular weight excluding hydrogens is 320 g/mol. The number of likely N-dealkylation sites (tertiary alicyclic amines) is 1. The van der Waals surface area contributed by atoms with Gasteiger partial charge in [-0.25, -0.2) is 5.10 Å². The van der Waals surface area contributed by atoms with Crippen molar-refractivity contribution in [1.29, 1.82) is 0 Å². The van der Waals surface area contributed by atoms with E-state index in [4.69, 9.17) is 0 Å². The number of anilines is 1. The predicted molar refractivity (Wildman–Crippen MR) is 93.9 cm³/mol. The molecule has 7 heteroatoms. The molecule has 7 nitrogen and oxygen atoms in total. The third-order valence-electron chi connectivity index (χ3n) is 4.26. The van der Waals surface area contributed by atoms with Crippen LogP contribution in [0.25, 0.3) is 11.3 Å². The van der Waals surface area contributed by atoms with Crippen LogP contribution in [-0.4, -0.2) is 39.5 Å². The van der Waals surface area contributed by atoms with E-state index in [1.165, 1.54) is 6.07 Å². The molecule has 2 amide bonds. The molecule has 0 spiro atoms. The molecule has 1 unspecified atom stereocenters. The number of H-pyrrole nitrogens is 1. The Morgan fingerprint density at radius 3 is 2.72 bits per heavy atom. The second kappa shape index (κ2) is 6.88. The van der Waals surface area contributed by atoms with E-state index >= 15 is 0 Å². The Balaban J connectivity index is 1.72. The summed E-state index contributed by atoms with van der Waals surface area (Å²) >= 11 is 0. The van der Waals surface area contributed by atoms with Gasteiger partial charge in [0.1, 0.15) is 0 Å². The van der Waals surface area contributed by atoms with E-state index in [0.29, 0.717) is 17.9 Å². The maximum atomic E-state index is 12.5. The van der Waals surface area contributed by atoms with Crippen LogP contribution in [0.4, 0.5) is 5.69 Å². The summed E-state index contributed by atoms with van der Waals surface area (Å²) in [6.07, 6.45) is 0.241. The fourth-order valence-corrected chi connectivity index (χ4v) is 2.91. The molecule has 130 valence electrons. The molecule has 25 heavy (non-hydrogen) atoms. The van der Waals surface area contributed by atoms with Crippen molar-refractivity contribution in [3.05, 3.63) is 46.8 Å². The van der Waals surface area contributed by atoms with Gasteiger partial charge in [-0.3, -0.25) is 14.4 Å². The molecule has 1 atom stereocenters. The second-order valence-electron chi connectivity index (χ2n) is 6.42. The number of benzene rings is 1. The van der Waals surface area contributed by atoms with Gasteiger partial charge in [-0.2, -0.15) is 5.10 Å². The van der Waals surface area contributed by atoms with Gasteiger partial charge in [-0.15, -0.1) is 0 Å². The zero-order valence-corrected chi connectivity index (χ0v) is 14.2. The highest BCUT2D eigenvalue weighted by molar-refractivity contribution is 5.97. The maximum Gasteiger partial charge on any atom is 0.264 e. The monoisotopic (exact) mass is 340 g/mol. The lowest BCUT2D eigenvalue weighted by Crippen LogP contribution is -2.33. The minimum atomic E-state index is -0.343. The van der Waals surface area contributed by atoms with Crippen molar-refractivity contribution >= 4 is 17.5 Å². The molecule has 1 aliphatic rings. The number of aromatic nitrogens is 2. The first-order valence-corrected chi connectivity index (χ1v) is 8.20. The molecule has 3 rings (SSSR count). The Morgan fingerprint density at radius 2 is 2.08 bits per heavy atom. The molecule has 2 aromatic rings. The lowest BCUT2D eigenvalue weighted by Gasteiger charge is -2.20. The zero-order chi connectivity index (χ0) is 18.0. The molecule has 1 aliphatic heterocycles. The Labute approximate surface area is 145 Å². The number of carbonyl (C=O) groups excluding carboxylic acids is 2. The lowest BCUT2D eigenvalue weighted by molar-refractivity contribution is -0.129. The van der Waals surface area contributed by atoms with Crippen molar-refractivity contribution in [2.45, 2.75) is 26.3 Å². The largest absolute Gasteiger partial charge is 0.339 e. The summed E-state index contributed by atoms with van der Waals surface area (Å²) in [5.41, 5.74) is 1.75. The number of carbonyl (C=O) groups is 2. The first-order chi connectivity index (χ1) is 11.9. The summed E-state index contributed by atoms with van der Waals surface area (Å²) in [7, 11) is 0. The summed E-state index contributed by atoms with van der Waals surface area (Å²) in [6.45, 7) is 4.33. The van der Waals surface area contributed by atoms with Crippen LogP contribution in [0.3, 0.4) is 0 Å². The molecular formula is C18H20N4O3. The number of amides is 2. The molecule has 0 radical (unpaired) electrons. The first kappa shape index (κ1) is 16.9. The molecule has 0 bridgehead atoms. The fraction of sp³-hybridized carbons (Fsp3) is 0.333. The summed E-state index contributed by atoms with van der Waals surface area (Å²) in [4.78, 5) is 37.3. The summed E-state index contributed by atoms with van der Waals surface area (Å²) < 4.78 is 0. The van der Waals surface area contributed by atoms with Crippen LogP contribution in [0, 0.1) is 5.92 Å². The van der Waals surface area contributed by atoms with E-state index in [1.807, 2.05) is 19.9 Å². The lowest BCUT2D eigenvalue weighted by atomic mass is 10.1. The van der Waals surface area contributed by atoms with Crippen LogP contribution in [0.5, 0.6) is 0 Å². The Morgan fingerprint density at radius 1 is 1.28 bits per heavy atom. The molecule has 1 fully saturated rings. The van der Waals surface area contributed by atoms with Gasteiger partial charge in [0.05, 0.1) is 11.6 Å². The van der Waals surface area contributed by atoms with E-state index in [-0.39, 0.29) is 35.8 Å². The summed E-state index contributed by atoms with van der Waals surface area (Å²) in [6, 6.07) is 10.3. The van der Waals surface area contributed by atoms with E-state index in [1.54, 1.807) is 29.2 Å². The Kier molecular flexibility index (Phi) is 4.65. The molecule has 0 saturated carbocycles. The Hall–Kier alpha value is -2.96. The van der Waals surface area contributed by atoms with Crippen molar-refractivity contribution in [3.8, 4) is 11.3 Å².